The minimum atomic E-state index is -0.622. The van der Waals surface area contributed by atoms with E-state index in [0.717, 1.165) is 71.8 Å². The first kappa shape index (κ1) is 25.6. The molecule has 3 aliphatic rings. The predicted octanol–water partition coefficient (Wildman–Crippen LogP) is 6.69. The van der Waals surface area contributed by atoms with Gasteiger partial charge in [0.15, 0.2) is 0 Å². The van der Waals surface area contributed by atoms with Crippen LogP contribution in [0.3, 0.4) is 0 Å². The summed E-state index contributed by atoms with van der Waals surface area (Å²) in [6.45, 7) is 11.7. The van der Waals surface area contributed by atoms with E-state index in [-0.39, 0.29) is 5.41 Å². The van der Waals surface area contributed by atoms with E-state index in [1.165, 1.54) is 23.8 Å². The Morgan fingerprint density at radius 2 is 1.92 bits per heavy atom. The van der Waals surface area contributed by atoms with Crippen LogP contribution in [0, 0.1) is 24.2 Å². The van der Waals surface area contributed by atoms with Crippen LogP contribution in [0.25, 0.3) is 10.8 Å². The highest BCUT2D eigenvalue weighted by atomic mass is 16.3. The molecule has 0 aromatic heterocycles. The molecule has 4 heteroatoms. The number of benzene rings is 2. The molecule has 2 aromatic rings. The van der Waals surface area contributed by atoms with Gasteiger partial charge in [-0.3, -0.25) is 4.99 Å². The minimum absolute atomic E-state index is 0.0847. The Balaban J connectivity index is 1.13. The second-order valence-corrected chi connectivity index (χ2v) is 12.4. The van der Waals surface area contributed by atoms with E-state index in [2.05, 4.69) is 79.2 Å². The van der Waals surface area contributed by atoms with Gasteiger partial charge in [0, 0.05) is 47.2 Å². The highest BCUT2D eigenvalue weighted by molar-refractivity contribution is 5.96. The summed E-state index contributed by atoms with van der Waals surface area (Å²) in [5, 5.41) is 20.7. The van der Waals surface area contributed by atoms with Gasteiger partial charge in [-0.25, -0.2) is 0 Å². The molecule has 2 aliphatic carbocycles. The Labute approximate surface area is 222 Å². The van der Waals surface area contributed by atoms with E-state index in [4.69, 9.17) is 6.42 Å². The van der Waals surface area contributed by atoms with Gasteiger partial charge in [0.05, 0.1) is 12.1 Å². The first-order valence-electron chi connectivity index (χ1n) is 13.8. The van der Waals surface area contributed by atoms with Crippen molar-refractivity contribution >= 4 is 22.7 Å². The Hall–Kier alpha value is -3.03. The lowest BCUT2D eigenvalue weighted by Crippen LogP contribution is -2.46. The van der Waals surface area contributed by atoms with Crippen molar-refractivity contribution in [3.8, 4) is 12.3 Å². The highest BCUT2D eigenvalue weighted by Gasteiger charge is 2.42. The molecule has 4 nitrogen and oxygen atoms in total. The number of hydrogen-bond acceptors (Lipinski definition) is 4. The molecule has 0 bridgehead atoms. The smallest absolute Gasteiger partial charge is 0.0878 e. The van der Waals surface area contributed by atoms with Crippen LogP contribution in [-0.4, -0.2) is 29.5 Å². The molecule has 0 atom stereocenters. The molecule has 3 N–H and O–H groups in total. The van der Waals surface area contributed by atoms with Crippen LogP contribution in [0.2, 0.25) is 0 Å². The van der Waals surface area contributed by atoms with Gasteiger partial charge in [0.25, 0.3) is 0 Å². The van der Waals surface area contributed by atoms with Gasteiger partial charge in [-0.1, -0.05) is 45.4 Å². The average molecular weight is 496 g/mol. The van der Waals surface area contributed by atoms with E-state index in [9.17, 15) is 5.11 Å². The Kier molecular flexibility index (Phi) is 6.94. The first-order valence-corrected chi connectivity index (χ1v) is 13.8. The number of aliphatic imine (C=N–C) groups is 1. The summed E-state index contributed by atoms with van der Waals surface area (Å²) in [5.74, 6) is 4.27. The maximum atomic E-state index is 11.0. The quantitative estimate of drug-likeness (QED) is 0.375. The zero-order valence-electron chi connectivity index (χ0n) is 22.6. The molecule has 2 saturated carbocycles. The van der Waals surface area contributed by atoms with Crippen LogP contribution in [0.1, 0.15) is 76.8 Å². The normalized spacial score (nSPS) is 27.3. The molecule has 0 radical (unpaired) electrons. The number of nitrogens with one attached hydrogen (secondary N) is 2. The summed E-state index contributed by atoms with van der Waals surface area (Å²) in [5.41, 5.74) is 4.84. The maximum Gasteiger partial charge on any atom is 0.0878 e. The largest absolute Gasteiger partial charge is 0.385 e. The summed E-state index contributed by atoms with van der Waals surface area (Å²) < 4.78 is 0. The lowest BCUT2D eigenvalue weighted by molar-refractivity contribution is 0.000418. The van der Waals surface area contributed by atoms with Crippen LogP contribution in [0.4, 0.5) is 5.69 Å². The fourth-order valence-electron chi connectivity index (χ4n) is 6.33. The average Bonchev–Trinajstić information content (AvgIpc) is 3.40. The zero-order chi connectivity index (χ0) is 26.2. The van der Waals surface area contributed by atoms with Crippen LogP contribution < -0.4 is 10.6 Å². The fraction of sp³-hybridized carbons (Fsp3) is 0.485. The third kappa shape index (κ3) is 5.48. The number of rotatable bonds is 7. The monoisotopic (exact) mass is 495 g/mol. The lowest BCUT2D eigenvalue weighted by atomic mass is 9.64. The number of terminal acetylenes is 1. The van der Waals surface area contributed by atoms with E-state index < -0.39 is 5.60 Å². The molecular formula is C33H41N3O. The zero-order valence-corrected chi connectivity index (χ0v) is 22.6. The number of anilines is 1. The van der Waals surface area contributed by atoms with Crippen molar-refractivity contribution in [2.24, 2.45) is 16.8 Å². The summed E-state index contributed by atoms with van der Waals surface area (Å²) in [4.78, 5) is 4.20. The number of nitrogens with zero attached hydrogens (tertiary/aromatic N) is 1. The molecule has 1 aliphatic heterocycles. The molecule has 2 fully saturated rings. The second-order valence-electron chi connectivity index (χ2n) is 12.4. The maximum absolute atomic E-state index is 11.0. The van der Waals surface area contributed by atoms with Gasteiger partial charge in [0.1, 0.15) is 0 Å². The first-order chi connectivity index (χ1) is 17.6. The molecule has 5 rings (SSSR count). The van der Waals surface area contributed by atoms with Crippen molar-refractivity contribution in [3.63, 3.8) is 0 Å². The highest BCUT2D eigenvalue weighted by Crippen LogP contribution is 2.46. The van der Waals surface area contributed by atoms with E-state index in [0.29, 0.717) is 12.6 Å². The van der Waals surface area contributed by atoms with Gasteiger partial charge in [0.2, 0.25) is 0 Å². The second kappa shape index (κ2) is 10.0. The molecular weight excluding hydrogens is 454 g/mol. The standard InChI is InChI=1S/C33H41N3O/c1-6-23-15-25-7-8-27(32(3,4)5)19-30(25)31(16-23)35-20-22(2)36-29-17-26(18-29)24-9-12-33(37,13-10-24)28-11-14-34-21-28/h1,7-8,14-16,19,21,24,26,29,35-37H,2,9-13,17-18,20H2,3-5H3. The molecule has 0 unspecified atom stereocenters. The molecule has 0 spiro atoms. The third-order valence-electron chi connectivity index (χ3n) is 8.83. The van der Waals surface area contributed by atoms with Gasteiger partial charge in [-0.2, -0.15) is 0 Å². The number of hydrogen-bond donors (Lipinski definition) is 3. The molecule has 37 heavy (non-hydrogen) atoms. The van der Waals surface area contributed by atoms with E-state index in [1.807, 2.05) is 12.4 Å². The summed E-state index contributed by atoms with van der Waals surface area (Å²) in [6.07, 6.45) is 16.7. The number of aliphatic hydroxyl groups is 1. The van der Waals surface area contributed by atoms with Gasteiger partial charge in [-0.15, -0.1) is 6.42 Å². The third-order valence-corrected chi connectivity index (χ3v) is 8.83. The Morgan fingerprint density at radius 3 is 2.57 bits per heavy atom. The molecule has 2 aromatic carbocycles. The van der Waals surface area contributed by atoms with Gasteiger partial charge < -0.3 is 15.7 Å². The van der Waals surface area contributed by atoms with Crippen molar-refractivity contribution in [3.05, 3.63) is 65.5 Å². The Morgan fingerprint density at radius 1 is 1.16 bits per heavy atom. The summed E-state index contributed by atoms with van der Waals surface area (Å²) >= 11 is 0. The van der Waals surface area contributed by atoms with Crippen molar-refractivity contribution < 1.29 is 5.11 Å². The SMILES string of the molecule is C#Cc1cc(NCC(=C)NC2CC(C3CCC(O)(C4=CN=CC4)CC3)C2)c2cc(C(C)(C)C)ccc2c1. The minimum Gasteiger partial charge on any atom is -0.385 e. The topological polar surface area (TPSA) is 56.6 Å². The fourth-order valence-corrected chi connectivity index (χ4v) is 6.33. The van der Waals surface area contributed by atoms with E-state index >= 15 is 0 Å². The van der Waals surface area contributed by atoms with Gasteiger partial charge >= 0.3 is 0 Å². The van der Waals surface area contributed by atoms with Crippen molar-refractivity contribution in [2.75, 3.05) is 11.9 Å². The summed E-state index contributed by atoms with van der Waals surface area (Å²) in [7, 11) is 0. The molecule has 0 amide bonds. The van der Waals surface area contributed by atoms with Crippen molar-refractivity contribution in [2.45, 2.75) is 82.8 Å². The van der Waals surface area contributed by atoms with Gasteiger partial charge in [-0.05, 0) is 90.5 Å². The van der Waals surface area contributed by atoms with Crippen molar-refractivity contribution in [1.82, 2.24) is 5.32 Å². The molecule has 194 valence electrons. The predicted molar refractivity (Wildman–Crippen MR) is 156 cm³/mol. The van der Waals surface area contributed by atoms with Crippen LogP contribution in [0.15, 0.2) is 59.4 Å². The van der Waals surface area contributed by atoms with Crippen molar-refractivity contribution in [1.29, 1.82) is 0 Å². The van der Waals surface area contributed by atoms with E-state index in [1.54, 1.807) is 0 Å². The number of fused-ring (bicyclic) bond motifs is 1. The van der Waals surface area contributed by atoms with Crippen LogP contribution in [0.5, 0.6) is 0 Å². The summed E-state index contributed by atoms with van der Waals surface area (Å²) in [6, 6.07) is 11.3. The molecule has 0 saturated heterocycles. The van der Waals surface area contributed by atoms with Crippen LogP contribution in [-0.2, 0) is 5.41 Å². The molecule has 1 heterocycles. The Bertz CT molecular complexity index is 1280. The lowest BCUT2D eigenvalue weighted by Gasteiger charge is -2.46. The van der Waals surface area contributed by atoms with Crippen LogP contribution >= 0.6 is 0 Å².